The van der Waals surface area contributed by atoms with Gasteiger partial charge < -0.3 is 15.4 Å². The van der Waals surface area contributed by atoms with E-state index >= 15 is 0 Å². The van der Waals surface area contributed by atoms with Gasteiger partial charge >= 0.3 is 0 Å². The largest absolute Gasteiger partial charge is 0.497 e. The van der Waals surface area contributed by atoms with Crippen LogP contribution in [0.4, 0.5) is 0 Å². The van der Waals surface area contributed by atoms with Crippen molar-refractivity contribution in [1.29, 1.82) is 0 Å². The van der Waals surface area contributed by atoms with Crippen LogP contribution in [-0.4, -0.2) is 31.6 Å². The molecule has 3 nitrogen and oxygen atoms in total. The number of likely N-dealkylation sites (tertiary alicyclic amines) is 1. The van der Waals surface area contributed by atoms with Crippen LogP contribution in [-0.2, 0) is 5.54 Å². The molecule has 1 aliphatic rings. The molecule has 1 unspecified atom stereocenters. The lowest BCUT2D eigenvalue weighted by Gasteiger charge is -2.38. The molecule has 1 aromatic carbocycles. The van der Waals surface area contributed by atoms with Gasteiger partial charge in [0.05, 0.1) is 12.6 Å². The van der Waals surface area contributed by atoms with Crippen LogP contribution in [0.15, 0.2) is 24.3 Å². The molecule has 1 aliphatic heterocycles. The van der Waals surface area contributed by atoms with E-state index in [1.165, 1.54) is 31.5 Å². The monoisotopic (exact) mass is 262 g/mol. The predicted molar refractivity (Wildman–Crippen MR) is 79.4 cm³/mol. The van der Waals surface area contributed by atoms with Crippen LogP contribution in [0, 0.1) is 5.92 Å². The van der Waals surface area contributed by atoms with Gasteiger partial charge in [-0.3, -0.25) is 0 Å². The number of benzene rings is 1. The molecule has 1 aromatic rings. The maximum absolute atomic E-state index is 6.77. The zero-order chi connectivity index (χ0) is 13.9. The number of nitrogens with two attached hydrogens (primary N) is 1. The standard InChI is InChI=1S/C16H26N2O/c1-13(2)16(17,12-18-9-4-5-10-18)14-7-6-8-15(11-14)19-3/h6-8,11,13H,4-5,9-10,12,17H2,1-3H3. The molecule has 1 atom stereocenters. The van der Waals surface area contributed by atoms with Crippen LogP contribution in [0.5, 0.6) is 5.75 Å². The summed E-state index contributed by atoms with van der Waals surface area (Å²) in [6.07, 6.45) is 2.60. The molecular formula is C16H26N2O. The highest BCUT2D eigenvalue weighted by atomic mass is 16.5. The van der Waals surface area contributed by atoms with Gasteiger partial charge in [0.1, 0.15) is 5.75 Å². The maximum atomic E-state index is 6.77. The second-order valence-electron chi connectivity index (χ2n) is 5.91. The maximum Gasteiger partial charge on any atom is 0.119 e. The quantitative estimate of drug-likeness (QED) is 0.886. The molecule has 0 radical (unpaired) electrons. The fourth-order valence-electron chi connectivity index (χ4n) is 2.83. The minimum atomic E-state index is -0.307. The molecule has 0 saturated carbocycles. The van der Waals surface area contributed by atoms with E-state index in [4.69, 9.17) is 10.5 Å². The molecule has 1 heterocycles. The Morgan fingerprint density at radius 2 is 2.00 bits per heavy atom. The normalized spacial score (nSPS) is 19.6. The number of nitrogens with zero attached hydrogens (tertiary/aromatic N) is 1. The summed E-state index contributed by atoms with van der Waals surface area (Å²) in [5, 5.41) is 0. The van der Waals surface area contributed by atoms with Gasteiger partial charge in [0.2, 0.25) is 0 Å². The smallest absolute Gasteiger partial charge is 0.119 e. The highest BCUT2D eigenvalue weighted by molar-refractivity contribution is 5.34. The first-order valence-electron chi connectivity index (χ1n) is 7.22. The van der Waals surface area contributed by atoms with Crippen LogP contribution >= 0.6 is 0 Å². The van der Waals surface area contributed by atoms with Crippen molar-refractivity contribution in [2.24, 2.45) is 11.7 Å². The third kappa shape index (κ3) is 3.10. The van der Waals surface area contributed by atoms with Crippen molar-refractivity contribution in [2.75, 3.05) is 26.7 Å². The van der Waals surface area contributed by atoms with Crippen LogP contribution in [0.25, 0.3) is 0 Å². The fraction of sp³-hybridized carbons (Fsp3) is 0.625. The van der Waals surface area contributed by atoms with Crippen LogP contribution in [0.3, 0.4) is 0 Å². The number of methoxy groups -OCH3 is 1. The molecule has 19 heavy (non-hydrogen) atoms. The summed E-state index contributed by atoms with van der Waals surface area (Å²) in [6, 6.07) is 8.21. The van der Waals surface area contributed by atoms with Crippen molar-refractivity contribution in [3.8, 4) is 5.75 Å². The van der Waals surface area contributed by atoms with Crippen molar-refractivity contribution < 1.29 is 4.74 Å². The van der Waals surface area contributed by atoms with Gasteiger partial charge in [-0.25, -0.2) is 0 Å². The number of rotatable bonds is 5. The van der Waals surface area contributed by atoms with Crippen molar-refractivity contribution in [3.63, 3.8) is 0 Å². The summed E-state index contributed by atoms with van der Waals surface area (Å²) >= 11 is 0. The van der Waals surface area contributed by atoms with Gasteiger partial charge in [-0.15, -0.1) is 0 Å². The Balaban J connectivity index is 2.26. The van der Waals surface area contributed by atoms with Crippen molar-refractivity contribution >= 4 is 0 Å². The van der Waals surface area contributed by atoms with E-state index in [1.807, 2.05) is 12.1 Å². The Bertz CT molecular complexity index is 413. The Morgan fingerprint density at radius 3 is 2.58 bits per heavy atom. The SMILES string of the molecule is COc1cccc(C(N)(CN2CCCC2)C(C)C)c1. The van der Waals surface area contributed by atoms with Gasteiger partial charge in [-0.05, 0) is 49.5 Å². The zero-order valence-electron chi connectivity index (χ0n) is 12.4. The summed E-state index contributed by atoms with van der Waals surface area (Å²) in [7, 11) is 1.70. The zero-order valence-corrected chi connectivity index (χ0v) is 12.4. The molecule has 1 saturated heterocycles. The lowest BCUT2D eigenvalue weighted by atomic mass is 9.80. The molecule has 0 aromatic heterocycles. The van der Waals surface area contributed by atoms with Crippen LogP contribution in [0.1, 0.15) is 32.3 Å². The van der Waals surface area contributed by atoms with Gasteiger partial charge in [-0.1, -0.05) is 26.0 Å². The van der Waals surface area contributed by atoms with E-state index < -0.39 is 0 Å². The predicted octanol–water partition coefficient (Wildman–Crippen LogP) is 2.60. The Labute approximate surface area is 116 Å². The molecule has 2 rings (SSSR count). The van der Waals surface area contributed by atoms with E-state index in [-0.39, 0.29) is 5.54 Å². The first-order valence-corrected chi connectivity index (χ1v) is 7.22. The molecule has 1 fully saturated rings. The van der Waals surface area contributed by atoms with Crippen LogP contribution < -0.4 is 10.5 Å². The minimum absolute atomic E-state index is 0.307. The first-order chi connectivity index (χ1) is 9.06. The minimum Gasteiger partial charge on any atom is -0.497 e. The Morgan fingerprint density at radius 1 is 1.32 bits per heavy atom. The van der Waals surface area contributed by atoms with E-state index in [9.17, 15) is 0 Å². The van der Waals surface area contributed by atoms with Gasteiger partial charge in [-0.2, -0.15) is 0 Å². The van der Waals surface area contributed by atoms with E-state index in [0.29, 0.717) is 5.92 Å². The van der Waals surface area contributed by atoms with Gasteiger partial charge in [0.25, 0.3) is 0 Å². The highest BCUT2D eigenvalue weighted by Crippen LogP contribution is 2.31. The van der Waals surface area contributed by atoms with Crippen LogP contribution in [0.2, 0.25) is 0 Å². The van der Waals surface area contributed by atoms with Crippen molar-refractivity contribution in [1.82, 2.24) is 4.90 Å². The topological polar surface area (TPSA) is 38.5 Å². The summed E-state index contributed by atoms with van der Waals surface area (Å²) in [5.41, 5.74) is 7.64. The Kier molecular flexibility index (Phi) is 4.48. The third-order valence-electron chi connectivity index (χ3n) is 4.32. The molecule has 106 valence electrons. The molecule has 3 heteroatoms. The summed E-state index contributed by atoms with van der Waals surface area (Å²) in [6.45, 7) is 7.69. The average Bonchev–Trinajstić information content (AvgIpc) is 2.91. The molecule has 0 aliphatic carbocycles. The fourth-order valence-corrected chi connectivity index (χ4v) is 2.83. The second kappa shape index (κ2) is 5.93. The third-order valence-corrected chi connectivity index (χ3v) is 4.32. The summed E-state index contributed by atoms with van der Waals surface area (Å²) in [4.78, 5) is 2.49. The van der Waals surface area contributed by atoms with E-state index in [2.05, 4.69) is 30.9 Å². The number of hydrogen-bond donors (Lipinski definition) is 1. The summed E-state index contributed by atoms with van der Waals surface area (Å²) in [5.74, 6) is 1.27. The highest BCUT2D eigenvalue weighted by Gasteiger charge is 2.34. The van der Waals surface area contributed by atoms with Crippen molar-refractivity contribution in [2.45, 2.75) is 32.2 Å². The molecule has 0 bridgehead atoms. The average molecular weight is 262 g/mol. The first kappa shape index (κ1) is 14.4. The lowest BCUT2D eigenvalue weighted by Crippen LogP contribution is -2.50. The molecule has 0 amide bonds. The second-order valence-corrected chi connectivity index (χ2v) is 5.91. The van der Waals surface area contributed by atoms with E-state index in [0.717, 1.165) is 12.3 Å². The number of hydrogen-bond acceptors (Lipinski definition) is 3. The molecule has 2 N–H and O–H groups in total. The Hall–Kier alpha value is -1.06. The van der Waals surface area contributed by atoms with Gasteiger partial charge in [0, 0.05) is 6.54 Å². The molecular weight excluding hydrogens is 236 g/mol. The van der Waals surface area contributed by atoms with Gasteiger partial charge in [0.15, 0.2) is 0 Å². The summed E-state index contributed by atoms with van der Waals surface area (Å²) < 4.78 is 5.33. The lowest BCUT2D eigenvalue weighted by molar-refractivity contribution is 0.198. The van der Waals surface area contributed by atoms with E-state index in [1.54, 1.807) is 7.11 Å². The number of ether oxygens (including phenoxy) is 1. The molecule has 0 spiro atoms. The van der Waals surface area contributed by atoms with Crippen molar-refractivity contribution in [3.05, 3.63) is 29.8 Å².